The van der Waals surface area contributed by atoms with E-state index in [4.69, 9.17) is 4.74 Å². The first-order valence-corrected chi connectivity index (χ1v) is 18.1. The Kier molecular flexibility index (Phi) is 10.8. The molecule has 1 spiro atoms. The molecule has 1 aromatic heterocycles. The van der Waals surface area contributed by atoms with Gasteiger partial charge >= 0.3 is 6.09 Å². The average Bonchev–Trinajstić information content (AvgIpc) is 3.90. The van der Waals surface area contributed by atoms with Gasteiger partial charge in [-0.05, 0) is 61.1 Å². The monoisotopic (exact) mass is 712 g/mol. The van der Waals surface area contributed by atoms with Crippen LogP contribution in [0.5, 0.6) is 0 Å². The van der Waals surface area contributed by atoms with E-state index in [2.05, 4.69) is 15.3 Å². The van der Waals surface area contributed by atoms with Crippen LogP contribution in [0.15, 0.2) is 54.7 Å². The highest BCUT2D eigenvalue weighted by Crippen LogP contribution is 2.41. The predicted octanol–water partition coefficient (Wildman–Crippen LogP) is 4.90. The molecule has 276 valence electrons. The van der Waals surface area contributed by atoms with Crippen LogP contribution in [-0.2, 0) is 19.1 Å². The first kappa shape index (κ1) is 36.7. The molecule has 3 atom stereocenters. The number of aromatic amines is 1. The third kappa shape index (κ3) is 7.32. The second kappa shape index (κ2) is 15.3. The largest absolute Gasteiger partial charge is 0.465 e. The van der Waals surface area contributed by atoms with Crippen molar-refractivity contribution in [1.82, 2.24) is 30.0 Å². The number of carbonyl (C=O) groups excluding carboxylic acids is 4. The van der Waals surface area contributed by atoms with Gasteiger partial charge in [-0.2, -0.15) is 0 Å². The fraction of sp³-hybridized carbons (Fsp3) is 0.487. The molecule has 6 rings (SSSR count). The summed E-state index contributed by atoms with van der Waals surface area (Å²) in [7, 11) is 1.44. The van der Waals surface area contributed by atoms with Crippen molar-refractivity contribution in [3.8, 4) is 22.4 Å². The summed E-state index contributed by atoms with van der Waals surface area (Å²) in [6.45, 7) is 6.74. The third-order valence-electron chi connectivity index (χ3n) is 11.0. The summed E-state index contributed by atoms with van der Waals surface area (Å²) in [5.41, 5.74) is 3.74. The Morgan fingerprint density at radius 2 is 1.62 bits per heavy atom. The maximum Gasteiger partial charge on any atom is 0.407 e. The van der Waals surface area contributed by atoms with Crippen molar-refractivity contribution in [2.45, 2.75) is 83.0 Å². The number of carbonyl (C=O) groups is 5. The fourth-order valence-electron chi connectivity index (χ4n) is 8.26. The molecule has 3 saturated heterocycles. The summed E-state index contributed by atoms with van der Waals surface area (Å²) >= 11 is 0. The molecule has 3 aliphatic rings. The maximum atomic E-state index is 13.5. The second-order valence-electron chi connectivity index (χ2n) is 14.5. The van der Waals surface area contributed by atoms with Crippen LogP contribution in [0.25, 0.3) is 22.4 Å². The van der Waals surface area contributed by atoms with Crippen molar-refractivity contribution < 1.29 is 33.8 Å². The lowest BCUT2D eigenvalue weighted by atomic mass is 9.87. The van der Waals surface area contributed by atoms with Gasteiger partial charge in [-0.25, -0.2) is 9.78 Å². The number of nitrogens with one attached hydrogen (secondary N) is 2. The molecule has 3 aromatic rings. The van der Waals surface area contributed by atoms with Crippen LogP contribution >= 0.6 is 0 Å². The SMILES string of the molecule is CC(=O)N1C(C(=O)NCC(=O)c2ccc(-c3ccc(-c4cnc([C@@H]5CCCN5C(=O)[C@H](C(C)C)N(C)C(=O)O)[nH]4)cc3)cc2)CCC12CCOCC2. The Labute approximate surface area is 303 Å². The van der Waals surface area contributed by atoms with Crippen LogP contribution in [0.4, 0.5) is 4.79 Å². The number of ketones is 1. The van der Waals surface area contributed by atoms with Crippen molar-refractivity contribution in [3.63, 3.8) is 0 Å². The zero-order valence-electron chi connectivity index (χ0n) is 30.3. The molecule has 0 aliphatic carbocycles. The van der Waals surface area contributed by atoms with Gasteiger partial charge in [0, 0.05) is 44.8 Å². The van der Waals surface area contributed by atoms with E-state index >= 15 is 0 Å². The number of imidazole rings is 1. The van der Waals surface area contributed by atoms with E-state index in [0.29, 0.717) is 50.4 Å². The van der Waals surface area contributed by atoms with Gasteiger partial charge in [-0.3, -0.25) is 24.1 Å². The number of carboxylic acid groups (broad SMARTS) is 1. The Morgan fingerprint density at radius 3 is 2.23 bits per heavy atom. The number of aromatic nitrogens is 2. The van der Waals surface area contributed by atoms with E-state index in [1.807, 2.05) is 50.2 Å². The summed E-state index contributed by atoms with van der Waals surface area (Å²) < 4.78 is 5.50. The number of Topliss-reactive ketones (excluding diaryl/α,β-unsaturated/α-hetero) is 1. The summed E-state index contributed by atoms with van der Waals surface area (Å²) in [6, 6.07) is 13.6. The van der Waals surface area contributed by atoms with Gasteiger partial charge in [0.25, 0.3) is 0 Å². The second-order valence-corrected chi connectivity index (χ2v) is 14.5. The van der Waals surface area contributed by atoms with Gasteiger partial charge in [0.1, 0.15) is 17.9 Å². The third-order valence-corrected chi connectivity index (χ3v) is 11.0. The Bertz CT molecular complexity index is 1800. The number of H-pyrrole nitrogens is 1. The molecule has 0 saturated carbocycles. The lowest BCUT2D eigenvalue weighted by Gasteiger charge is -2.42. The minimum atomic E-state index is -1.14. The van der Waals surface area contributed by atoms with E-state index in [1.165, 1.54) is 14.0 Å². The van der Waals surface area contributed by atoms with Crippen molar-refractivity contribution >= 4 is 29.6 Å². The normalized spacial score (nSPS) is 20.2. The van der Waals surface area contributed by atoms with Gasteiger partial charge < -0.3 is 29.9 Å². The minimum Gasteiger partial charge on any atom is -0.465 e. The Balaban J connectivity index is 1.06. The van der Waals surface area contributed by atoms with Gasteiger partial charge in [-0.15, -0.1) is 0 Å². The molecule has 2 aromatic carbocycles. The smallest absolute Gasteiger partial charge is 0.407 e. The fourth-order valence-corrected chi connectivity index (χ4v) is 8.26. The van der Waals surface area contributed by atoms with E-state index in [0.717, 1.165) is 46.5 Å². The zero-order valence-corrected chi connectivity index (χ0v) is 30.3. The Morgan fingerprint density at radius 1 is 0.981 bits per heavy atom. The highest BCUT2D eigenvalue weighted by Gasteiger charge is 2.50. The van der Waals surface area contributed by atoms with Crippen LogP contribution < -0.4 is 5.32 Å². The van der Waals surface area contributed by atoms with Crippen molar-refractivity contribution in [2.24, 2.45) is 5.92 Å². The van der Waals surface area contributed by atoms with Crippen molar-refractivity contribution in [1.29, 1.82) is 0 Å². The van der Waals surface area contributed by atoms with E-state index in [-0.39, 0.29) is 47.5 Å². The zero-order chi connectivity index (χ0) is 37.2. The first-order chi connectivity index (χ1) is 24.9. The maximum absolute atomic E-state index is 13.5. The molecule has 13 nitrogen and oxygen atoms in total. The number of likely N-dealkylation sites (tertiary alicyclic amines) is 2. The standard InChI is InChI=1S/C39H48N6O7/c1-24(2)34(43(4)38(50)51)37(49)44-19-5-6-31(44)35-40-22-30(42-35)28-11-7-26(8-12-28)27-9-13-29(14-10-27)33(47)23-41-36(48)32-15-16-39(45(32)25(3)46)17-20-52-21-18-39/h7-14,22,24,31-32,34H,5-6,15-21,23H2,1-4H3,(H,40,42)(H,41,48)(H,50,51)/t31-,32?,34-/m0/s1. The minimum absolute atomic E-state index is 0.128. The van der Waals surface area contributed by atoms with Gasteiger partial charge in [-0.1, -0.05) is 62.4 Å². The number of likely N-dealkylation sites (N-methyl/N-ethyl adjacent to an activating group) is 1. The molecule has 4 amide bonds. The average molecular weight is 713 g/mol. The first-order valence-electron chi connectivity index (χ1n) is 18.1. The summed E-state index contributed by atoms with van der Waals surface area (Å²) in [5.74, 6) is -0.365. The van der Waals surface area contributed by atoms with Crippen LogP contribution in [-0.4, -0.2) is 110 Å². The summed E-state index contributed by atoms with van der Waals surface area (Å²) in [6.07, 6.45) is 4.91. The van der Waals surface area contributed by atoms with Crippen LogP contribution in [0.2, 0.25) is 0 Å². The number of amides is 4. The molecule has 52 heavy (non-hydrogen) atoms. The highest BCUT2D eigenvalue weighted by molar-refractivity contribution is 6.00. The highest BCUT2D eigenvalue weighted by atomic mass is 16.5. The molecule has 1 unspecified atom stereocenters. The number of benzene rings is 2. The van der Waals surface area contributed by atoms with Gasteiger partial charge in [0.2, 0.25) is 17.7 Å². The molecule has 3 fully saturated rings. The summed E-state index contributed by atoms with van der Waals surface area (Å²) in [4.78, 5) is 76.6. The molecule has 13 heteroatoms. The Hall–Kier alpha value is -5.04. The quantitative estimate of drug-likeness (QED) is 0.250. The van der Waals surface area contributed by atoms with Crippen LogP contribution in [0.3, 0.4) is 0 Å². The van der Waals surface area contributed by atoms with Crippen LogP contribution in [0.1, 0.15) is 81.5 Å². The van der Waals surface area contributed by atoms with Crippen molar-refractivity contribution in [3.05, 3.63) is 66.1 Å². The molecule has 4 heterocycles. The molecule has 0 radical (unpaired) electrons. The molecule has 0 bridgehead atoms. The van der Waals surface area contributed by atoms with E-state index in [9.17, 15) is 29.1 Å². The molecule has 3 N–H and O–H groups in total. The number of rotatable bonds is 10. The summed E-state index contributed by atoms with van der Waals surface area (Å²) in [5, 5.41) is 12.3. The van der Waals surface area contributed by atoms with Crippen molar-refractivity contribution in [2.75, 3.05) is 33.4 Å². The topological polar surface area (TPSA) is 165 Å². The molecular weight excluding hydrogens is 664 g/mol. The lowest BCUT2D eigenvalue weighted by molar-refractivity contribution is -0.145. The van der Waals surface area contributed by atoms with Gasteiger partial charge in [0.05, 0.1) is 24.5 Å². The van der Waals surface area contributed by atoms with E-state index in [1.54, 1.807) is 28.1 Å². The lowest BCUT2D eigenvalue weighted by Crippen LogP contribution is -2.56. The molecular formula is C39H48N6O7. The molecule has 3 aliphatic heterocycles. The number of nitrogens with zero attached hydrogens (tertiary/aromatic N) is 4. The number of hydrogen-bond acceptors (Lipinski definition) is 7. The van der Waals surface area contributed by atoms with Gasteiger partial charge in [0.15, 0.2) is 5.78 Å². The van der Waals surface area contributed by atoms with E-state index < -0.39 is 18.2 Å². The number of ether oxygens (including phenoxy) is 1. The van der Waals surface area contributed by atoms with Crippen LogP contribution in [0, 0.1) is 5.92 Å². The predicted molar refractivity (Wildman–Crippen MR) is 193 cm³/mol. The number of hydrogen-bond donors (Lipinski definition) is 3.